The summed E-state index contributed by atoms with van der Waals surface area (Å²) in [4.78, 5) is 2.10. The van der Waals surface area contributed by atoms with Gasteiger partial charge in [-0.3, -0.25) is 4.90 Å². The van der Waals surface area contributed by atoms with Crippen LogP contribution in [0.15, 0.2) is 18.2 Å². The zero-order chi connectivity index (χ0) is 14.2. The Kier molecular flexibility index (Phi) is 3.67. The van der Waals surface area contributed by atoms with E-state index < -0.39 is 5.60 Å². The molecule has 0 bridgehead atoms. The lowest BCUT2D eigenvalue weighted by atomic mass is 10.0. The summed E-state index contributed by atoms with van der Waals surface area (Å²) in [6.45, 7) is 2.88. The number of ether oxygens (including phenoxy) is 1. The van der Waals surface area contributed by atoms with E-state index in [9.17, 15) is 9.50 Å². The average Bonchev–Trinajstić information content (AvgIpc) is 2.94. The maximum absolute atomic E-state index is 13.2. The molecule has 3 rings (SSSR count). The lowest BCUT2D eigenvalue weighted by molar-refractivity contribution is 0.0199. The highest BCUT2D eigenvalue weighted by molar-refractivity contribution is 5.37. The van der Waals surface area contributed by atoms with Gasteiger partial charge < -0.3 is 15.2 Å². The summed E-state index contributed by atoms with van der Waals surface area (Å²) < 4.78 is 19.0. The summed E-state index contributed by atoms with van der Waals surface area (Å²) >= 11 is 0. The van der Waals surface area contributed by atoms with Crippen LogP contribution in [0.3, 0.4) is 0 Å². The minimum absolute atomic E-state index is 0.0368. The molecule has 1 fully saturated rings. The Bertz CT molecular complexity index is 489. The molecule has 0 amide bonds. The standard InChI is InChI=1S/C15H21FN2O2/c1-18(10-15(19)4-5-17-9-15)8-13-7-11-6-12(16)2-3-14(11)20-13/h2-3,6,13,17,19H,4-5,7-10H2,1H3. The van der Waals surface area contributed by atoms with Gasteiger partial charge in [-0.05, 0) is 38.2 Å². The molecule has 4 nitrogen and oxygen atoms in total. The number of aliphatic hydroxyl groups is 1. The number of rotatable bonds is 4. The van der Waals surface area contributed by atoms with Crippen molar-refractivity contribution in [3.63, 3.8) is 0 Å². The van der Waals surface area contributed by atoms with Crippen molar-refractivity contribution in [2.24, 2.45) is 0 Å². The highest BCUT2D eigenvalue weighted by Gasteiger charge is 2.33. The molecule has 20 heavy (non-hydrogen) atoms. The highest BCUT2D eigenvalue weighted by Crippen LogP contribution is 2.29. The second kappa shape index (κ2) is 5.31. The van der Waals surface area contributed by atoms with E-state index in [1.165, 1.54) is 6.07 Å². The minimum Gasteiger partial charge on any atom is -0.488 e. The minimum atomic E-state index is -0.633. The molecule has 110 valence electrons. The SMILES string of the molecule is CN(CC1Cc2cc(F)ccc2O1)CC1(O)CCNC1. The molecule has 5 heteroatoms. The smallest absolute Gasteiger partial charge is 0.123 e. The van der Waals surface area contributed by atoms with Crippen LogP contribution in [0.4, 0.5) is 4.39 Å². The van der Waals surface area contributed by atoms with Crippen molar-refractivity contribution in [3.05, 3.63) is 29.6 Å². The number of benzene rings is 1. The second-order valence-corrected chi connectivity index (χ2v) is 6.04. The summed E-state index contributed by atoms with van der Waals surface area (Å²) in [5.74, 6) is 0.568. The van der Waals surface area contributed by atoms with E-state index in [1.807, 2.05) is 7.05 Å². The molecule has 2 heterocycles. The molecule has 1 aromatic carbocycles. The predicted octanol–water partition coefficient (Wildman–Crippen LogP) is 0.785. The van der Waals surface area contributed by atoms with Crippen molar-refractivity contribution >= 4 is 0 Å². The van der Waals surface area contributed by atoms with Crippen LogP contribution >= 0.6 is 0 Å². The third kappa shape index (κ3) is 2.95. The van der Waals surface area contributed by atoms with Crippen molar-refractivity contribution in [1.29, 1.82) is 0 Å². The molecular formula is C15H21FN2O2. The second-order valence-electron chi connectivity index (χ2n) is 6.04. The highest BCUT2D eigenvalue weighted by atomic mass is 19.1. The van der Waals surface area contributed by atoms with E-state index >= 15 is 0 Å². The summed E-state index contributed by atoms with van der Waals surface area (Å²) in [6.07, 6.45) is 1.55. The molecule has 0 aliphatic carbocycles. The van der Waals surface area contributed by atoms with Crippen LogP contribution < -0.4 is 10.1 Å². The summed E-state index contributed by atoms with van der Waals surface area (Å²) in [7, 11) is 1.99. The van der Waals surface area contributed by atoms with Crippen LogP contribution in [0.5, 0.6) is 5.75 Å². The Morgan fingerprint density at radius 1 is 1.55 bits per heavy atom. The van der Waals surface area contributed by atoms with Crippen LogP contribution in [0.2, 0.25) is 0 Å². The average molecular weight is 280 g/mol. The quantitative estimate of drug-likeness (QED) is 0.856. The first-order valence-electron chi connectivity index (χ1n) is 7.11. The molecule has 0 radical (unpaired) electrons. The monoisotopic (exact) mass is 280 g/mol. The van der Waals surface area contributed by atoms with E-state index in [4.69, 9.17) is 4.74 Å². The predicted molar refractivity (Wildman–Crippen MR) is 74.5 cm³/mol. The van der Waals surface area contributed by atoms with Gasteiger partial charge in [-0.25, -0.2) is 4.39 Å². The molecule has 2 aliphatic heterocycles. The van der Waals surface area contributed by atoms with E-state index in [0.717, 1.165) is 37.2 Å². The van der Waals surface area contributed by atoms with E-state index in [0.29, 0.717) is 13.1 Å². The van der Waals surface area contributed by atoms with Gasteiger partial charge in [0.1, 0.15) is 17.7 Å². The van der Waals surface area contributed by atoms with Gasteiger partial charge in [0.05, 0.1) is 5.60 Å². The maximum Gasteiger partial charge on any atom is 0.123 e. The molecule has 2 aliphatic rings. The zero-order valence-corrected chi connectivity index (χ0v) is 11.7. The number of nitrogens with one attached hydrogen (secondary N) is 1. The van der Waals surface area contributed by atoms with Crippen molar-refractivity contribution in [2.75, 3.05) is 33.2 Å². The lowest BCUT2D eigenvalue weighted by Gasteiger charge is -2.29. The molecule has 1 saturated heterocycles. The molecule has 1 aromatic rings. The fourth-order valence-corrected chi connectivity index (χ4v) is 3.17. The van der Waals surface area contributed by atoms with Gasteiger partial charge in [0, 0.05) is 31.6 Å². The molecule has 0 saturated carbocycles. The molecule has 0 aromatic heterocycles. The fourth-order valence-electron chi connectivity index (χ4n) is 3.17. The summed E-state index contributed by atoms with van der Waals surface area (Å²) in [5, 5.41) is 13.5. The number of likely N-dealkylation sites (N-methyl/N-ethyl adjacent to an activating group) is 1. The van der Waals surface area contributed by atoms with Crippen LogP contribution in [0.1, 0.15) is 12.0 Å². The van der Waals surface area contributed by atoms with Crippen LogP contribution in [-0.2, 0) is 6.42 Å². The van der Waals surface area contributed by atoms with Gasteiger partial charge >= 0.3 is 0 Å². The third-order valence-electron chi connectivity index (χ3n) is 4.06. The van der Waals surface area contributed by atoms with Gasteiger partial charge in [0.15, 0.2) is 0 Å². The third-order valence-corrected chi connectivity index (χ3v) is 4.06. The Morgan fingerprint density at radius 2 is 2.40 bits per heavy atom. The maximum atomic E-state index is 13.2. The first-order valence-corrected chi connectivity index (χ1v) is 7.11. The molecular weight excluding hydrogens is 259 g/mol. The summed E-state index contributed by atoms with van der Waals surface area (Å²) in [5.41, 5.74) is 0.302. The van der Waals surface area contributed by atoms with Gasteiger partial charge in [0.25, 0.3) is 0 Å². The number of nitrogens with zero attached hydrogens (tertiary/aromatic N) is 1. The van der Waals surface area contributed by atoms with Gasteiger partial charge in [0.2, 0.25) is 0 Å². The zero-order valence-electron chi connectivity index (χ0n) is 11.7. The first kappa shape index (κ1) is 13.8. The van der Waals surface area contributed by atoms with Gasteiger partial charge in [-0.1, -0.05) is 0 Å². The van der Waals surface area contributed by atoms with Crippen molar-refractivity contribution < 1.29 is 14.2 Å². The fraction of sp³-hybridized carbons (Fsp3) is 0.600. The van der Waals surface area contributed by atoms with Crippen molar-refractivity contribution in [3.8, 4) is 5.75 Å². The van der Waals surface area contributed by atoms with Crippen molar-refractivity contribution in [1.82, 2.24) is 10.2 Å². The van der Waals surface area contributed by atoms with Crippen LogP contribution in [0, 0.1) is 5.82 Å². The molecule has 2 N–H and O–H groups in total. The Hall–Kier alpha value is -1.17. The topological polar surface area (TPSA) is 44.7 Å². The van der Waals surface area contributed by atoms with Crippen molar-refractivity contribution in [2.45, 2.75) is 24.5 Å². The van der Waals surface area contributed by atoms with E-state index in [2.05, 4.69) is 10.2 Å². The van der Waals surface area contributed by atoms with Gasteiger partial charge in [-0.2, -0.15) is 0 Å². The van der Waals surface area contributed by atoms with Gasteiger partial charge in [-0.15, -0.1) is 0 Å². The Labute approximate surface area is 118 Å². The number of fused-ring (bicyclic) bond motifs is 1. The Morgan fingerprint density at radius 3 is 3.15 bits per heavy atom. The number of hydrogen-bond acceptors (Lipinski definition) is 4. The largest absolute Gasteiger partial charge is 0.488 e. The number of hydrogen-bond donors (Lipinski definition) is 2. The molecule has 2 atom stereocenters. The summed E-state index contributed by atoms with van der Waals surface area (Å²) in [6, 6.07) is 4.67. The Balaban J connectivity index is 1.55. The van der Waals surface area contributed by atoms with E-state index in [1.54, 1.807) is 12.1 Å². The normalized spacial score (nSPS) is 28.7. The first-order chi connectivity index (χ1) is 9.54. The van der Waals surface area contributed by atoms with E-state index in [-0.39, 0.29) is 11.9 Å². The molecule has 0 spiro atoms. The molecule has 2 unspecified atom stereocenters. The van der Waals surface area contributed by atoms with Crippen LogP contribution in [-0.4, -0.2) is 54.9 Å². The van der Waals surface area contributed by atoms with Crippen LogP contribution in [0.25, 0.3) is 0 Å². The lowest BCUT2D eigenvalue weighted by Crippen LogP contribution is -2.45. The number of β-amino-alcohol motifs (C(OH)–C–C–N with tert-alkyl or cyclic N) is 1. The number of halogens is 1.